The van der Waals surface area contributed by atoms with Crippen LogP contribution >= 0.6 is 0 Å². The van der Waals surface area contributed by atoms with E-state index in [-0.39, 0.29) is 5.56 Å². The Kier molecular flexibility index (Phi) is 6.32. The molecule has 0 atom stereocenters. The Bertz CT molecular complexity index is 1090. The number of rotatable bonds is 5. The van der Waals surface area contributed by atoms with Crippen molar-refractivity contribution in [2.75, 3.05) is 18.5 Å². The molecule has 1 aliphatic heterocycles. The number of hydrogen-bond acceptors (Lipinski definition) is 7. The Morgan fingerprint density at radius 3 is 2.60 bits per heavy atom. The van der Waals surface area contributed by atoms with Gasteiger partial charge in [0.2, 0.25) is 5.91 Å². The number of anilines is 1. The number of carbonyl (C=O) groups is 2. The lowest BCUT2D eigenvalue weighted by Gasteiger charge is -2.19. The molecule has 30 heavy (non-hydrogen) atoms. The maximum atomic E-state index is 12.5. The highest BCUT2D eigenvalue weighted by Gasteiger charge is 2.18. The van der Waals surface area contributed by atoms with Crippen molar-refractivity contribution in [3.8, 4) is 17.6 Å². The molecule has 1 aromatic carbocycles. The average molecular weight is 411 g/mol. The second-order valence-electron chi connectivity index (χ2n) is 6.44. The van der Waals surface area contributed by atoms with Gasteiger partial charge >= 0.3 is 6.03 Å². The quantitative estimate of drug-likeness (QED) is 0.758. The highest BCUT2D eigenvalue weighted by Crippen LogP contribution is 2.32. The van der Waals surface area contributed by atoms with Crippen LogP contribution in [0, 0.1) is 11.3 Å². The predicted octanol–water partition coefficient (Wildman–Crippen LogP) is 1.36. The summed E-state index contributed by atoms with van der Waals surface area (Å²) in [7, 11) is 0. The fourth-order valence-electron chi connectivity index (χ4n) is 3.13. The molecule has 0 radical (unpaired) electrons. The van der Waals surface area contributed by atoms with E-state index in [1.807, 2.05) is 19.9 Å². The third kappa shape index (κ3) is 4.41. The molecule has 0 saturated heterocycles. The maximum Gasteiger partial charge on any atom is 0.325 e. The van der Waals surface area contributed by atoms with Crippen LogP contribution in [0.3, 0.4) is 0 Å². The summed E-state index contributed by atoms with van der Waals surface area (Å²) in [5, 5.41) is 18.2. The van der Waals surface area contributed by atoms with Crippen molar-refractivity contribution < 1.29 is 19.1 Å². The van der Waals surface area contributed by atoms with Crippen LogP contribution in [0.2, 0.25) is 0 Å². The van der Waals surface area contributed by atoms with Gasteiger partial charge in [-0.2, -0.15) is 10.4 Å². The van der Waals surface area contributed by atoms with Crippen LogP contribution in [-0.4, -0.2) is 34.9 Å². The van der Waals surface area contributed by atoms with Crippen LogP contribution < -0.4 is 25.7 Å². The SMILES string of the molecule is CCc1nn(CC(=O)NC(=O)Nc2ccc3c(c2)OCCO3)c(=O)c(C#N)c1CC. The lowest BCUT2D eigenvalue weighted by Crippen LogP contribution is -2.40. The summed E-state index contributed by atoms with van der Waals surface area (Å²) in [6.45, 7) is 4.05. The monoisotopic (exact) mass is 411 g/mol. The Labute approximate surface area is 172 Å². The molecule has 3 amide bonds. The number of ether oxygens (including phenoxy) is 2. The summed E-state index contributed by atoms with van der Waals surface area (Å²) >= 11 is 0. The first kappa shape index (κ1) is 20.9. The van der Waals surface area contributed by atoms with Crippen LogP contribution in [0.5, 0.6) is 11.5 Å². The lowest BCUT2D eigenvalue weighted by atomic mass is 10.0. The predicted molar refractivity (Wildman–Crippen MR) is 107 cm³/mol. The van der Waals surface area contributed by atoms with Crippen LogP contribution in [0.4, 0.5) is 10.5 Å². The zero-order chi connectivity index (χ0) is 21.7. The van der Waals surface area contributed by atoms with Crippen molar-refractivity contribution in [3.63, 3.8) is 0 Å². The Morgan fingerprint density at radius 2 is 1.93 bits per heavy atom. The highest BCUT2D eigenvalue weighted by atomic mass is 16.6. The normalized spacial score (nSPS) is 12.0. The number of nitriles is 1. The van der Waals surface area contributed by atoms with E-state index < -0.39 is 24.0 Å². The van der Waals surface area contributed by atoms with Gasteiger partial charge < -0.3 is 14.8 Å². The van der Waals surface area contributed by atoms with E-state index in [0.29, 0.717) is 54.5 Å². The number of carbonyl (C=O) groups excluding carboxylic acids is 2. The Hall–Kier alpha value is -3.87. The third-order valence-electron chi connectivity index (χ3n) is 4.49. The molecule has 0 saturated carbocycles. The van der Waals surface area contributed by atoms with Gasteiger partial charge in [0.1, 0.15) is 31.4 Å². The standard InChI is InChI=1S/C20H21N5O5/c1-3-13-14(10-21)19(27)25(24-15(13)4-2)11-18(26)23-20(28)22-12-5-6-16-17(9-12)30-8-7-29-16/h5-6,9H,3-4,7-8,11H2,1-2H3,(H2,22,23,26,28). The minimum absolute atomic E-state index is 0.0297. The minimum atomic E-state index is -0.772. The lowest BCUT2D eigenvalue weighted by molar-refractivity contribution is -0.120. The van der Waals surface area contributed by atoms with E-state index in [2.05, 4.69) is 15.7 Å². The Balaban J connectivity index is 1.69. The van der Waals surface area contributed by atoms with Crippen molar-refractivity contribution >= 4 is 17.6 Å². The average Bonchev–Trinajstić information content (AvgIpc) is 2.74. The second-order valence-corrected chi connectivity index (χ2v) is 6.44. The van der Waals surface area contributed by atoms with Crippen LogP contribution in [0.15, 0.2) is 23.0 Å². The zero-order valence-electron chi connectivity index (χ0n) is 16.7. The number of nitrogens with one attached hydrogen (secondary N) is 2. The van der Waals surface area contributed by atoms with E-state index in [0.717, 1.165) is 4.68 Å². The fraction of sp³-hybridized carbons (Fsp3) is 0.350. The molecule has 156 valence electrons. The number of urea groups is 1. The molecular formula is C20H21N5O5. The van der Waals surface area contributed by atoms with E-state index in [4.69, 9.17) is 9.47 Å². The molecule has 3 rings (SSSR count). The molecular weight excluding hydrogens is 390 g/mol. The number of amides is 3. The van der Waals surface area contributed by atoms with Crippen LogP contribution in [-0.2, 0) is 24.2 Å². The fourth-order valence-corrected chi connectivity index (χ4v) is 3.13. The summed E-state index contributed by atoms with van der Waals surface area (Å²) in [5.74, 6) is 0.326. The third-order valence-corrected chi connectivity index (χ3v) is 4.49. The summed E-state index contributed by atoms with van der Waals surface area (Å²) < 4.78 is 11.8. The Morgan fingerprint density at radius 1 is 1.20 bits per heavy atom. The molecule has 1 aliphatic rings. The van der Waals surface area contributed by atoms with Gasteiger partial charge in [-0.05, 0) is 30.5 Å². The summed E-state index contributed by atoms with van der Waals surface area (Å²) in [6.07, 6.45) is 0.990. The molecule has 0 bridgehead atoms. The van der Waals surface area contributed by atoms with E-state index in [9.17, 15) is 19.6 Å². The molecule has 2 heterocycles. The van der Waals surface area contributed by atoms with E-state index in [1.165, 1.54) is 0 Å². The van der Waals surface area contributed by atoms with Crippen molar-refractivity contribution in [2.24, 2.45) is 0 Å². The molecule has 1 aromatic heterocycles. The van der Waals surface area contributed by atoms with Gasteiger partial charge in [0, 0.05) is 11.8 Å². The van der Waals surface area contributed by atoms with Gasteiger partial charge in [0.05, 0.1) is 5.69 Å². The number of aromatic nitrogens is 2. The molecule has 0 fully saturated rings. The number of aryl methyl sites for hydroxylation is 1. The number of nitrogens with zero attached hydrogens (tertiary/aromatic N) is 3. The molecule has 2 N–H and O–H groups in total. The maximum absolute atomic E-state index is 12.5. The first-order valence-corrected chi connectivity index (χ1v) is 9.50. The van der Waals surface area contributed by atoms with Crippen molar-refractivity contribution in [3.05, 3.63) is 45.4 Å². The molecule has 0 unspecified atom stereocenters. The first-order chi connectivity index (χ1) is 14.5. The second kappa shape index (κ2) is 9.09. The van der Waals surface area contributed by atoms with Crippen molar-refractivity contribution in [1.29, 1.82) is 5.26 Å². The molecule has 2 aromatic rings. The summed E-state index contributed by atoms with van der Waals surface area (Å²) in [6, 6.07) is 5.97. The number of fused-ring (bicyclic) bond motifs is 1. The number of benzene rings is 1. The van der Waals surface area contributed by atoms with Gasteiger partial charge in [-0.3, -0.25) is 14.9 Å². The van der Waals surface area contributed by atoms with Crippen molar-refractivity contribution in [1.82, 2.24) is 15.1 Å². The van der Waals surface area contributed by atoms with E-state index in [1.54, 1.807) is 18.2 Å². The van der Waals surface area contributed by atoms with Gasteiger partial charge in [-0.1, -0.05) is 13.8 Å². The van der Waals surface area contributed by atoms with Crippen LogP contribution in [0.25, 0.3) is 0 Å². The van der Waals surface area contributed by atoms with Gasteiger partial charge in [0.15, 0.2) is 11.5 Å². The molecule has 0 aliphatic carbocycles. The largest absolute Gasteiger partial charge is 0.486 e. The first-order valence-electron chi connectivity index (χ1n) is 9.50. The van der Waals surface area contributed by atoms with Crippen molar-refractivity contribution in [2.45, 2.75) is 33.2 Å². The zero-order valence-corrected chi connectivity index (χ0v) is 16.7. The number of imide groups is 1. The van der Waals surface area contributed by atoms with E-state index >= 15 is 0 Å². The smallest absolute Gasteiger partial charge is 0.325 e. The van der Waals surface area contributed by atoms with Gasteiger partial charge in [-0.25, -0.2) is 9.48 Å². The molecule has 0 spiro atoms. The topological polar surface area (TPSA) is 135 Å². The number of hydrogen-bond donors (Lipinski definition) is 2. The van der Waals surface area contributed by atoms with Gasteiger partial charge in [-0.15, -0.1) is 0 Å². The van der Waals surface area contributed by atoms with Gasteiger partial charge in [0.25, 0.3) is 5.56 Å². The minimum Gasteiger partial charge on any atom is -0.486 e. The molecule has 10 heteroatoms. The highest BCUT2D eigenvalue weighted by molar-refractivity contribution is 6.01. The van der Waals surface area contributed by atoms with Crippen LogP contribution in [0.1, 0.15) is 30.7 Å². The summed E-state index contributed by atoms with van der Waals surface area (Å²) in [5.41, 5.74) is 0.874. The summed E-state index contributed by atoms with van der Waals surface area (Å²) in [4.78, 5) is 36.9. The molecule has 10 nitrogen and oxygen atoms in total.